The van der Waals surface area contributed by atoms with Crippen LogP contribution in [0, 0.1) is 5.92 Å². The summed E-state index contributed by atoms with van der Waals surface area (Å²) >= 11 is 0. The Morgan fingerprint density at radius 1 is 1.50 bits per heavy atom. The van der Waals surface area contributed by atoms with Gasteiger partial charge in [-0.05, 0) is 46.0 Å². The van der Waals surface area contributed by atoms with E-state index in [0.29, 0.717) is 5.92 Å². The summed E-state index contributed by atoms with van der Waals surface area (Å²) < 4.78 is 5.51. The maximum atomic E-state index is 12.3. The molecule has 2 rings (SSSR count). The minimum Gasteiger partial charge on any atom is -0.444 e. The van der Waals surface area contributed by atoms with Gasteiger partial charge in [0.25, 0.3) is 0 Å². The smallest absolute Gasteiger partial charge is 0.411 e. The third-order valence-corrected chi connectivity index (χ3v) is 3.62. The van der Waals surface area contributed by atoms with Crippen LogP contribution in [0.2, 0.25) is 0 Å². The number of amides is 1. The van der Waals surface area contributed by atoms with Gasteiger partial charge >= 0.3 is 6.09 Å². The van der Waals surface area contributed by atoms with E-state index in [0.717, 1.165) is 19.3 Å². The molecule has 3 heteroatoms. The van der Waals surface area contributed by atoms with E-state index >= 15 is 0 Å². The molecule has 1 saturated heterocycles. The van der Waals surface area contributed by atoms with Gasteiger partial charge < -0.3 is 4.74 Å². The predicted octanol–water partition coefficient (Wildman–Crippen LogP) is 3.52. The Kier molecular flexibility index (Phi) is 3.51. The van der Waals surface area contributed by atoms with E-state index in [1.54, 1.807) is 0 Å². The Balaban J connectivity index is 2.17. The fraction of sp³-hybridized carbons (Fsp3) is 0.667. The maximum Gasteiger partial charge on any atom is 0.411 e. The van der Waals surface area contributed by atoms with Crippen LogP contribution in [0.4, 0.5) is 4.79 Å². The van der Waals surface area contributed by atoms with Gasteiger partial charge in [-0.15, -0.1) is 6.58 Å². The second-order valence-corrected chi connectivity index (χ2v) is 6.18. The van der Waals surface area contributed by atoms with Crippen LogP contribution < -0.4 is 0 Å². The molecule has 1 aliphatic carbocycles. The molecule has 0 saturated carbocycles. The monoisotopic (exact) mass is 249 g/mol. The van der Waals surface area contributed by atoms with Crippen molar-refractivity contribution < 1.29 is 9.53 Å². The first-order valence-corrected chi connectivity index (χ1v) is 6.73. The average Bonchev–Trinajstić information content (AvgIpc) is 2.64. The molecule has 1 amide bonds. The van der Waals surface area contributed by atoms with Crippen LogP contribution in [0.15, 0.2) is 24.8 Å². The molecule has 0 aromatic heterocycles. The lowest BCUT2D eigenvalue weighted by Crippen LogP contribution is -2.44. The number of carbonyl (C=O) groups excluding carboxylic acids is 1. The van der Waals surface area contributed by atoms with E-state index in [4.69, 9.17) is 4.74 Å². The summed E-state index contributed by atoms with van der Waals surface area (Å²) in [5, 5.41) is 0. The van der Waals surface area contributed by atoms with Crippen molar-refractivity contribution in [1.29, 1.82) is 0 Å². The SMILES string of the molecule is C=C[C@@H]1C[C@@H]2CCC=C[C@@H]2N1C(=O)OC(C)(C)C. The molecule has 3 atom stereocenters. The third-order valence-electron chi connectivity index (χ3n) is 3.62. The number of hydrogen-bond donors (Lipinski definition) is 0. The van der Waals surface area contributed by atoms with E-state index in [9.17, 15) is 4.79 Å². The molecule has 3 nitrogen and oxygen atoms in total. The number of hydrogen-bond acceptors (Lipinski definition) is 2. The fourth-order valence-electron chi connectivity index (χ4n) is 2.88. The van der Waals surface area contributed by atoms with Gasteiger partial charge in [-0.25, -0.2) is 4.79 Å². The van der Waals surface area contributed by atoms with Gasteiger partial charge in [0.15, 0.2) is 0 Å². The maximum absolute atomic E-state index is 12.3. The minimum atomic E-state index is -0.445. The first kappa shape index (κ1) is 13.2. The lowest BCUT2D eigenvalue weighted by molar-refractivity contribution is 0.0198. The minimum absolute atomic E-state index is 0.109. The number of allylic oxidation sites excluding steroid dienone is 1. The molecule has 2 aliphatic rings. The van der Waals surface area contributed by atoms with E-state index in [1.165, 1.54) is 0 Å². The molecule has 1 fully saturated rings. The van der Waals surface area contributed by atoms with Crippen LogP contribution in [0.3, 0.4) is 0 Å². The summed E-state index contributed by atoms with van der Waals surface area (Å²) in [5.41, 5.74) is -0.445. The normalized spacial score (nSPS) is 31.1. The van der Waals surface area contributed by atoms with E-state index in [-0.39, 0.29) is 18.2 Å². The molecule has 0 aromatic rings. The van der Waals surface area contributed by atoms with Gasteiger partial charge in [0, 0.05) is 0 Å². The van der Waals surface area contributed by atoms with Crippen LogP contribution in [-0.2, 0) is 4.74 Å². The molecule has 0 spiro atoms. The van der Waals surface area contributed by atoms with E-state index in [2.05, 4.69) is 18.7 Å². The fourth-order valence-corrected chi connectivity index (χ4v) is 2.88. The number of nitrogens with zero attached hydrogens (tertiary/aromatic N) is 1. The lowest BCUT2D eigenvalue weighted by atomic mass is 9.89. The summed E-state index contributed by atoms with van der Waals surface area (Å²) in [4.78, 5) is 14.2. The molecule has 0 unspecified atom stereocenters. The highest BCUT2D eigenvalue weighted by Crippen LogP contribution is 2.37. The van der Waals surface area contributed by atoms with Crippen molar-refractivity contribution >= 4 is 6.09 Å². The molecule has 0 radical (unpaired) electrons. The lowest BCUT2D eigenvalue weighted by Gasteiger charge is -2.32. The topological polar surface area (TPSA) is 29.5 Å². The number of carbonyl (C=O) groups is 1. The van der Waals surface area contributed by atoms with E-state index in [1.807, 2.05) is 31.7 Å². The quantitative estimate of drug-likeness (QED) is 0.665. The Bertz CT molecular complexity index is 367. The summed E-state index contributed by atoms with van der Waals surface area (Å²) in [6.45, 7) is 9.56. The Hall–Kier alpha value is -1.25. The molecule has 0 aromatic carbocycles. The van der Waals surface area contributed by atoms with Crippen LogP contribution in [0.1, 0.15) is 40.0 Å². The second kappa shape index (κ2) is 4.79. The largest absolute Gasteiger partial charge is 0.444 e. The van der Waals surface area contributed by atoms with Crippen LogP contribution in [-0.4, -0.2) is 28.7 Å². The van der Waals surface area contributed by atoms with Crippen molar-refractivity contribution in [3.8, 4) is 0 Å². The highest BCUT2D eigenvalue weighted by Gasteiger charge is 2.43. The average molecular weight is 249 g/mol. The second-order valence-electron chi connectivity index (χ2n) is 6.18. The zero-order valence-corrected chi connectivity index (χ0v) is 11.6. The van der Waals surface area contributed by atoms with Crippen molar-refractivity contribution in [1.82, 2.24) is 4.90 Å². The zero-order chi connectivity index (χ0) is 13.3. The van der Waals surface area contributed by atoms with Crippen LogP contribution >= 0.6 is 0 Å². The molecule has 100 valence electrons. The molecule has 1 heterocycles. The van der Waals surface area contributed by atoms with Crippen molar-refractivity contribution in [2.75, 3.05) is 0 Å². The predicted molar refractivity (Wildman–Crippen MR) is 72.3 cm³/mol. The molecule has 18 heavy (non-hydrogen) atoms. The van der Waals surface area contributed by atoms with Gasteiger partial charge in [-0.1, -0.05) is 18.2 Å². The van der Waals surface area contributed by atoms with Crippen LogP contribution in [0.25, 0.3) is 0 Å². The molecule has 0 bridgehead atoms. The Morgan fingerprint density at radius 3 is 2.83 bits per heavy atom. The van der Waals surface area contributed by atoms with Crippen molar-refractivity contribution in [2.24, 2.45) is 5.92 Å². The van der Waals surface area contributed by atoms with Gasteiger partial charge in [-0.2, -0.15) is 0 Å². The number of ether oxygens (including phenoxy) is 1. The number of rotatable bonds is 1. The molecule has 1 aliphatic heterocycles. The van der Waals surface area contributed by atoms with Crippen molar-refractivity contribution in [3.63, 3.8) is 0 Å². The van der Waals surface area contributed by atoms with Crippen molar-refractivity contribution in [2.45, 2.75) is 57.7 Å². The van der Waals surface area contributed by atoms with Gasteiger partial charge in [0.2, 0.25) is 0 Å². The summed E-state index contributed by atoms with van der Waals surface area (Å²) in [6, 6.07) is 0.300. The molecule has 0 N–H and O–H groups in total. The summed E-state index contributed by atoms with van der Waals surface area (Å²) in [6.07, 6.45) is 9.27. The summed E-state index contributed by atoms with van der Waals surface area (Å²) in [5.74, 6) is 0.561. The Morgan fingerprint density at radius 2 is 2.22 bits per heavy atom. The first-order chi connectivity index (χ1) is 8.42. The first-order valence-electron chi connectivity index (χ1n) is 6.73. The van der Waals surface area contributed by atoms with Crippen molar-refractivity contribution in [3.05, 3.63) is 24.8 Å². The summed E-state index contributed by atoms with van der Waals surface area (Å²) in [7, 11) is 0. The standard InChI is InChI=1S/C15H23NO2/c1-5-12-10-11-8-6-7-9-13(11)16(12)14(17)18-15(2,3)4/h5,7,9,11-13H,1,6,8,10H2,2-4H3/t11-,12+,13-/m0/s1. The highest BCUT2D eigenvalue weighted by molar-refractivity contribution is 5.70. The molecular formula is C15H23NO2. The highest BCUT2D eigenvalue weighted by atomic mass is 16.6. The van der Waals surface area contributed by atoms with Gasteiger partial charge in [0.1, 0.15) is 5.60 Å². The van der Waals surface area contributed by atoms with Gasteiger partial charge in [0.05, 0.1) is 12.1 Å². The van der Waals surface area contributed by atoms with Gasteiger partial charge in [-0.3, -0.25) is 4.90 Å². The number of likely N-dealkylation sites (tertiary alicyclic amines) is 1. The molecular weight excluding hydrogens is 226 g/mol. The Labute approximate surface area is 109 Å². The third kappa shape index (κ3) is 2.60. The van der Waals surface area contributed by atoms with E-state index < -0.39 is 5.60 Å². The zero-order valence-electron chi connectivity index (χ0n) is 11.6. The number of fused-ring (bicyclic) bond motifs is 1. The van der Waals surface area contributed by atoms with Crippen LogP contribution in [0.5, 0.6) is 0 Å².